The SMILES string of the molecule is Cc1nn(C)c2ccc(-c3cc(=O)c4c(o3)C(C(C)Nc3ccccc3C(=O)O)=CC(C)C4)cc12. The summed E-state index contributed by atoms with van der Waals surface area (Å²) in [5.74, 6) is 0.208. The molecule has 5 rings (SSSR count). The van der Waals surface area contributed by atoms with Crippen molar-refractivity contribution in [3.63, 3.8) is 0 Å². The minimum absolute atomic E-state index is 0.0557. The van der Waals surface area contributed by atoms with Crippen molar-refractivity contribution in [2.24, 2.45) is 13.0 Å². The smallest absolute Gasteiger partial charge is 0.337 e. The zero-order valence-corrected chi connectivity index (χ0v) is 20.1. The fourth-order valence-electron chi connectivity index (χ4n) is 4.89. The number of hydrogen-bond donors (Lipinski definition) is 2. The quantitative estimate of drug-likeness (QED) is 0.413. The van der Waals surface area contributed by atoms with Crippen LogP contribution in [0.2, 0.25) is 0 Å². The molecule has 0 fully saturated rings. The molecule has 0 spiro atoms. The Morgan fingerprint density at radius 2 is 2.00 bits per heavy atom. The Hall–Kier alpha value is -4.13. The first kappa shape index (κ1) is 22.7. The first-order valence-electron chi connectivity index (χ1n) is 11.6. The van der Waals surface area contributed by atoms with Gasteiger partial charge >= 0.3 is 5.97 Å². The van der Waals surface area contributed by atoms with E-state index in [1.165, 1.54) is 0 Å². The lowest BCUT2D eigenvalue weighted by Crippen LogP contribution is -2.26. The highest BCUT2D eigenvalue weighted by Crippen LogP contribution is 2.35. The van der Waals surface area contributed by atoms with Crippen LogP contribution in [0.4, 0.5) is 5.69 Å². The van der Waals surface area contributed by atoms with Crippen molar-refractivity contribution in [3.05, 3.63) is 87.4 Å². The molecule has 0 bridgehead atoms. The van der Waals surface area contributed by atoms with Gasteiger partial charge in [0.2, 0.25) is 0 Å². The second-order valence-electron chi connectivity index (χ2n) is 9.24. The number of nitrogens with one attached hydrogen (secondary N) is 1. The van der Waals surface area contributed by atoms with Crippen LogP contribution >= 0.6 is 0 Å². The van der Waals surface area contributed by atoms with E-state index in [0.717, 1.165) is 27.7 Å². The van der Waals surface area contributed by atoms with Gasteiger partial charge in [-0.2, -0.15) is 5.10 Å². The monoisotopic (exact) mass is 469 g/mol. The molecule has 0 aliphatic heterocycles. The summed E-state index contributed by atoms with van der Waals surface area (Å²) < 4.78 is 8.24. The first-order valence-corrected chi connectivity index (χ1v) is 11.6. The molecule has 2 aromatic carbocycles. The van der Waals surface area contributed by atoms with Crippen molar-refractivity contribution in [2.75, 3.05) is 5.32 Å². The molecular weight excluding hydrogens is 442 g/mol. The summed E-state index contributed by atoms with van der Waals surface area (Å²) in [4.78, 5) is 24.9. The normalized spacial score (nSPS) is 16.0. The number of nitrogens with zero attached hydrogens (tertiary/aromatic N) is 2. The molecule has 7 nitrogen and oxygen atoms in total. The van der Waals surface area contributed by atoms with E-state index in [4.69, 9.17) is 4.42 Å². The molecule has 0 saturated heterocycles. The molecule has 2 N–H and O–H groups in total. The van der Waals surface area contributed by atoms with Gasteiger partial charge in [0.15, 0.2) is 5.43 Å². The van der Waals surface area contributed by atoms with Crippen LogP contribution in [-0.2, 0) is 13.5 Å². The number of hydrogen-bond acceptors (Lipinski definition) is 5. The summed E-state index contributed by atoms with van der Waals surface area (Å²) >= 11 is 0. The number of carboxylic acids is 1. The van der Waals surface area contributed by atoms with Crippen LogP contribution in [0.25, 0.3) is 27.8 Å². The van der Waals surface area contributed by atoms with Crippen LogP contribution in [-0.4, -0.2) is 26.9 Å². The van der Waals surface area contributed by atoms with E-state index in [-0.39, 0.29) is 23.0 Å². The molecule has 1 aliphatic carbocycles. The Kier molecular flexibility index (Phi) is 5.55. The van der Waals surface area contributed by atoms with E-state index in [0.29, 0.717) is 29.2 Å². The van der Waals surface area contributed by atoms with E-state index < -0.39 is 5.97 Å². The average molecular weight is 470 g/mol. The predicted octanol–water partition coefficient (Wildman–Crippen LogP) is 5.28. The van der Waals surface area contributed by atoms with Gasteiger partial charge < -0.3 is 14.8 Å². The summed E-state index contributed by atoms with van der Waals surface area (Å²) in [5.41, 5.74) is 4.88. The molecule has 178 valence electrons. The Labute approximate surface area is 202 Å². The maximum absolute atomic E-state index is 13.2. The molecule has 2 atom stereocenters. The highest BCUT2D eigenvalue weighted by molar-refractivity contribution is 5.94. The zero-order chi connectivity index (χ0) is 24.9. The number of carboxylic acid groups (broad SMARTS) is 1. The second-order valence-corrected chi connectivity index (χ2v) is 9.24. The van der Waals surface area contributed by atoms with E-state index in [1.54, 1.807) is 30.3 Å². The number of para-hydroxylation sites is 1. The lowest BCUT2D eigenvalue weighted by atomic mass is 9.86. The standard InChI is InChI=1S/C28H27N3O4/c1-15-11-21(16(2)29-23-8-6-5-7-19(23)28(33)34)27-22(12-15)25(32)14-26(35-27)18-9-10-24-20(13-18)17(3)30-31(24)4/h5-11,13-16,29H,12H2,1-4H3,(H,33,34). The molecule has 7 heteroatoms. The van der Waals surface area contributed by atoms with Crippen LogP contribution in [0.15, 0.2) is 63.8 Å². The van der Waals surface area contributed by atoms with Crippen molar-refractivity contribution in [1.82, 2.24) is 9.78 Å². The highest BCUT2D eigenvalue weighted by atomic mass is 16.4. The Balaban J connectivity index is 1.58. The number of allylic oxidation sites excluding steroid dienone is 1. The minimum Gasteiger partial charge on any atom is -0.478 e. The van der Waals surface area contributed by atoms with E-state index in [1.807, 2.05) is 43.8 Å². The summed E-state index contributed by atoms with van der Waals surface area (Å²) in [7, 11) is 1.91. The molecule has 4 aromatic rings. The fraction of sp³-hybridized carbons (Fsp3) is 0.250. The number of rotatable bonds is 5. The fourth-order valence-corrected chi connectivity index (χ4v) is 4.89. The Bertz CT molecular complexity index is 1560. The molecular formula is C28H27N3O4. The van der Waals surface area contributed by atoms with Crippen molar-refractivity contribution < 1.29 is 14.3 Å². The van der Waals surface area contributed by atoms with Crippen LogP contribution < -0.4 is 10.7 Å². The van der Waals surface area contributed by atoms with Crippen molar-refractivity contribution >= 4 is 28.1 Å². The van der Waals surface area contributed by atoms with Gasteiger partial charge in [-0.15, -0.1) is 0 Å². The third-order valence-electron chi connectivity index (χ3n) is 6.61. The topological polar surface area (TPSA) is 97.4 Å². The number of aromatic nitrogens is 2. The molecule has 0 radical (unpaired) electrons. The van der Waals surface area contributed by atoms with E-state index in [9.17, 15) is 14.7 Å². The van der Waals surface area contributed by atoms with Crippen molar-refractivity contribution in [1.29, 1.82) is 0 Å². The molecule has 35 heavy (non-hydrogen) atoms. The van der Waals surface area contributed by atoms with Crippen molar-refractivity contribution in [3.8, 4) is 11.3 Å². The minimum atomic E-state index is -0.999. The molecule has 2 heterocycles. The number of aryl methyl sites for hydroxylation is 2. The summed E-state index contributed by atoms with van der Waals surface area (Å²) in [6.45, 7) is 5.97. The number of benzene rings is 2. The molecule has 2 aromatic heterocycles. The van der Waals surface area contributed by atoms with Gasteiger partial charge in [-0.3, -0.25) is 9.48 Å². The molecule has 0 saturated carbocycles. The summed E-state index contributed by atoms with van der Waals surface area (Å²) in [5, 5.41) is 18.4. The van der Waals surface area contributed by atoms with Crippen LogP contribution in [0, 0.1) is 12.8 Å². The summed E-state index contributed by atoms with van der Waals surface area (Å²) in [6, 6.07) is 14.0. The lowest BCUT2D eigenvalue weighted by molar-refractivity contribution is 0.0698. The summed E-state index contributed by atoms with van der Waals surface area (Å²) in [6.07, 6.45) is 2.70. The third-order valence-corrected chi connectivity index (χ3v) is 6.61. The maximum Gasteiger partial charge on any atom is 0.337 e. The lowest BCUT2D eigenvalue weighted by Gasteiger charge is -2.26. The van der Waals surface area contributed by atoms with Gasteiger partial charge in [-0.1, -0.05) is 25.1 Å². The van der Waals surface area contributed by atoms with Gasteiger partial charge in [-0.25, -0.2) is 4.79 Å². The third kappa shape index (κ3) is 4.03. The van der Waals surface area contributed by atoms with Gasteiger partial charge in [0, 0.05) is 40.9 Å². The Morgan fingerprint density at radius 1 is 1.23 bits per heavy atom. The van der Waals surface area contributed by atoms with Crippen molar-refractivity contribution in [2.45, 2.75) is 33.2 Å². The maximum atomic E-state index is 13.2. The zero-order valence-electron chi connectivity index (χ0n) is 20.1. The number of anilines is 1. The number of carbonyl (C=O) groups is 1. The van der Waals surface area contributed by atoms with Gasteiger partial charge in [0.25, 0.3) is 0 Å². The average Bonchev–Trinajstić information content (AvgIpc) is 3.11. The number of aromatic carboxylic acids is 1. The van der Waals surface area contributed by atoms with Crippen LogP contribution in [0.3, 0.4) is 0 Å². The van der Waals surface area contributed by atoms with Crippen LogP contribution in [0.5, 0.6) is 0 Å². The van der Waals surface area contributed by atoms with E-state index in [2.05, 4.69) is 23.4 Å². The van der Waals surface area contributed by atoms with Gasteiger partial charge in [-0.05, 0) is 56.5 Å². The van der Waals surface area contributed by atoms with E-state index >= 15 is 0 Å². The number of fused-ring (bicyclic) bond motifs is 2. The largest absolute Gasteiger partial charge is 0.478 e. The molecule has 2 unspecified atom stereocenters. The van der Waals surface area contributed by atoms with Gasteiger partial charge in [0.05, 0.1) is 22.8 Å². The molecule has 1 aliphatic rings. The predicted molar refractivity (Wildman–Crippen MR) is 137 cm³/mol. The highest BCUT2D eigenvalue weighted by Gasteiger charge is 2.27. The second kappa shape index (κ2) is 8.58. The first-order chi connectivity index (χ1) is 16.7. The van der Waals surface area contributed by atoms with Gasteiger partial charge in [0.1, 0.15) is 11.5 Å². The Morgan fingerprint density at radius 3 is 2.77 bits per heavy atom. The molecule has 0 amide bonds. The van der Waals surface area contributed by atoms with Crippen LogP contribution in [0.1, 0.15) is 41.2 Å².